The first-order chi connectivity index (χ1) is 11.0. The number of nitrogens with zero attached hydrogens (tertiary/aromatic N) is 1. The van der Waals surface area contributed by atoms with Gasteiger partial charge in [-0.05, 0) is 55.7 Å². The van der Waals surface area contributed by atoms with E-state index in [1.165, 1.54) is 12.8 Å². The van der Waals surface area contributed by atoms with Gasteiger partial charge in [-0.15, -0.1) is 0 Å². The SMILES string of the molecule is CN(C(=O)C1CC1c1ccc(Cl)cc1Cl)C1CC2CCC(C1)N2. The second-order valence-corrected chi connectivity index (χ2v) is 8.17. The molecule has 4 unspecified atom stereocenters. The largest absolute Gasteiger partial charge is 0.342 e. The second kappa shape index (κ2) is 5.94. The molecule has 1 saturated carbocycles. The van der Waals surface area contributed by atoms with Crippen LogP contribution in [-0.4, -0.2) is 36.0 Å². The minimum atomic E-state index is 0.0891. The number of hydrogen-bond acceptors (Lipinski definition) is 2. The van der Waals surface area contributed by atoms with Crippen LogP contribution in [0.3, 0.4) is 0 Å². The molecule has 23 heavy (non-hydrogen) atoms. The molecule has 1 amide bonds. The van der Waals surface area contributed by atoms with E-state index in [0.29, 0.717) is 28.2 Å². The van der Waals surface area contributed by atoms with E-state index in [4.69, 9.17) is 23.2 Å². The Labute approximate surface area is 147 Å². The van der Waals surface area contributed by atoms with Crippen LogP contribution in [0.5, 0.6) is 0 Å². The maximum atomic E-state index is 12.8. The summed E-state index contributed by atoms with van der Waals surface area (Å²) in [7, 11) is 1.98. The van der Waals surface area contributed by atoms with E-state index in [0.717, 1.165) is 24.8 Å². The van der Waals surface area contributed by atoms with Crippen molar-refractivity contribution in [1.82, 2.24) is 10.2 Å². The highest BCUT2D eigenvalue weighted by Gasteiger charge is 2.48. The molecule has 124 valence electrons. The van der Waals surface area contributed by atoms with Crippen molar-refractivity contribution in [2.75, 3.05) is 7.05 Å². The molecule has 1 aromatic carbocycles. The maximum absolute atomic E-state index is 12.8. The number of amides is 1. The van der Waals surface area contributed by atoms with Gasteiger partial charge in [0.05, 0.1) is 0 Å². The summed E-state index contributed by atoms with van der Waals surface area (Å²) in [5.41, 5.74) is 1.06. The zero-order valence-corrected chi connectivity index (χ0v) is 14.8. The summed E-state index contributed by atoms with van der Waals surface area (Å²) in [5.74, 6) is 0.631. The van der Waals surface area contributed by atoms with Crippen LogP contribution < -0.4 is 5.32 Å². The zero-order valence-electron chi connectivity index (χ0n) is 13.3. The summed E-state index contributed by atoms with van der Waals surface area (Å²) < 4.78 is 0. The number of rotatable bonds is 3. The molecule has 2 saturated heterocycles. The Bertz CT molecular complexity index is 623. The number of carbonyl (C=O) groups excluding carboxylic acids is 1. The molecule has 2 heterocycles. The van der Waals surface area contributed by atoms with Crippen molar-refractivity contribution in [2.24, 2.45) is 5.92 Å². The minimum Gasteiger partial charge on any atom is -0.342 e. The standard InChI is InChI=1S/C18H22Cl2N2O/c1-22(13-7-11-3-4-12(8-13)21-11)18(23)16-9-15(16)14-5-2-10(19)6-17(14)20/h2,5-6,11-13,15-16,21H,3-4,7-9H2,1H3. The fourth-order valence-corrected chi connectivity index (χ4v) is 4.95. The van der Waals surface area contributed by atoms with Crippen molar-refractivity contribution in [3.05, 3.63) is 33.8 Å². The van der Waals surface area contributed by atoms with E-state index in [1.807, 2.05) is 24.1 Å². The topological polar surface area (TPSA) is 32.3 Å². The second-order valence-electron chi connectivity index (χ2n) is 7.33. The van der Waals surface area contributed by atoms with Gasteiger partial charge in [0.25, 0.3) is 0 Å². The maximum Gasteiger partial charge on any atom is 0.226 e. The average molecular weight is 353 g/mol. The van der Waals surface area contributed by atoms with Crippen LogP contribution >= 0.6 is 23.2 Å². The first kappa shape index (κ1) is 15.7. The van der Waals surface area contributed by atoms with Crippen LogP contribution in [0.25, 0.3) is 0 Å². The monoisotopic (exact) mass is 352 g/mol. The van der Waals surface area contributed by atoms with Crippen LogP contribution in [0.2, 0.25) is 10.0 Å². The number of carbonyl (C=O) groups is 1. The number of nitrogens with one attached hydrogen (secondary N) is 1. The fraction of sp³-hybridized carbons (Fsp3) is 0.611. The Morgan fingerprint density at radius 2 is 1.87 bits per heavy atom. The minimum absolute atomic E-state index is 0.0891. The molecule has 0 aromatic heterocycles. The predicted octanol–water partition coefficient (Wildman–Crippen LogP) is 3.84. The third-order valence-electron chi connectivity index (χ3n) is 5.81. The smallest absolute Gasteiger partial charge is 0.226 e. The van der Waals surface area contributed by atoms with E-state index in [9.17, 15) is 4.79 Å². The molecule has 5 heteroatoms. The van der Waals surface area contributed by atoms with Gasteiger partial charge in [-0.25, -0.2) is 0 Å². The molecule has 1 aromatic rings. The van der Waals surface area contributed by atoms with Gasteiger partial charge < -0.3 is 10.2 Å². The van der Waals surface area contributed by atoms with Crippen molar-refractivity contribution in [1.29, 1.82) is 0 Å². The molecule has 3 fully saturated rings. The summed E-state index contributed by atoms with van der Waals surface area (Å²) in [5, 5.41) is 4.96. The molecule has 3 aliphatic rings. The lowest BCUT2D eigenvalue weighted by Crippen LogP contribution is -2.49. The molecule has 2 bridgehead atoms. The van der Waals surface area contributed by atoms with Crippen molar-refractivity contribution in [3.8, 4) is 0 Å². The Balaban J connectivity index is 1.42. The molecule has 0 spiro atoms. The van der Waals surface area contributed by atoms with Crippen molar-refractivity contribution < 1.29 is 4.79 Å². The molecule has 4 atom stereocenters. The van der Waals surface area contributed by atoms with Gasteiger partial charge in [0.15, 0.2) is 0 Å². The summed E-state index contributed by atoms with van der Waals surface area (Å²) >= 11 is 12.3. The highest BCUT2D eigenvalue weighted by atomic mass is 35.5. The molecule has 1 aliphatic carbocycles. The number of halogens is 2. The van der Waals surface area contributed by atoms with Crippen molar-refractivity contribution in [2.45, 2.75) is 56.1 Å². The lowest BCUT2D eigenvalue weighted by molar-refractivity contribution is -0.134. The molecule has 1 N–H and O–H groups in total. The Hall–Kier alpha value is -0.770. The first-order valence-electron chi connectivity index (χ1n) is 8.50. The van der Waals surface area contributed by atoms with Gasteiger partial charge in [0.1, 0.15) is 0 Å². The lowest BCUT2D eigenvalue weighted by Gasteiger charge is -2.35. The number of hydrogen-bond donors (Lipinski definition) is 1. The van der Waals surface area contributed by atoms with Crippen LogP contribution in [0.15, 0.2) is 18.2 Å². The molecule has 0 radical (unpaired) electrons. The van der Waals surface area contributed by atoms with Crippen LogP contribution in [0, 0.1) is 5.92 Å². The average Bonchev–Trinajstić information content (AvgIpc) is 3.24. The third kappa shape index (κ3) is 2.99. The van der Waals surface area contributed by atoms with E-state index < -0.39 is 0 Å². The molecule has 2 aliphatic heterocycles. The third-order valence-corrected chi connectivity index (χ3v) is 6.38. The van der Waals surface area contributed by atoms with Gasteiger partial charge in [-0.2, -0.15) is 0 Å². The number of fused-ring (bicyclic) bond motifs is 2. The summed E-state index contributed by atoms with van der Waals surface area (Å²) in [4.78, 5) is 14.9. The van der Waals surface area contributed by atoms with Crippen LogP contribution in [0.1, 0.15) is 43.6 Å². The first-order valence-corrected chi connectivity index (χ1v) is 9.26. The summed E-state index contributed by atoms with van der Waals surface area (Å²) in [6.45, 7) is 0. The molecule has 4 rings (SSSR count). The van der Waals surface area contributed by atoms with Gasteiger partial charge in [0.2, 0.25) is 5.91 Å². The number of piperidine rings is 1. The normalized spacial score (nSPS) is 35.2. The zero-order chi connectivity index (χ0) is 16.1. The van der Waals surface area contributed by atoms with Gasteiger partial charge >= 0.3 is 0 Å². The van der Waals surface area contributed by atoms with Crippen molar-refractivity contribution >= 4 is 29.1 Å². The molecule has 3 nitrogen and oxygen atoms in total. The summed E-state index contributed by atoms with van der Waals surface area (Å²) in [6.07, 6.45) is 5.61. The number of benzene rings is 1. The fourth-order valence-electron chi connectivity index (χ4n) is 4.40. The van der Waals surface area contributed by atoms with E-state index in [-0.39, 0.29) is 17.7 Å². The molecular weight excluding hydrogens is 331 g/mol. The summed E-state index contributed by atoms with van der Waals surface area (Å²) in [6, 6.07) is 7.20. The van der Waals surface area contributed by atoms with Gasteiger partial charge in [0, 0.05) is 41.1 Å². The van der Waals surface area contributed by atoms with Crippen LogP contribution in [-0.2, 0) is 4.79 Å². The Morgan fingerprint density at radius 3 is 2.52 bits per heavy atom. The van der Waals surface area contributed by atoms with Gasteiger partial charge in [-0.3, -0.25) is 4.79 Å². The predicted molar refractivity (Wildman–Crippen MR) is 93.0 cm³/mol. The quantitative estimate of drug-likeness (QED) is 0.896. The molecular formula is C18H22Cl2N2O. The van der Waals surface area contributed by atoms with Crippen LogP contribution in [0.4, 0.5) is 0 Å². The highest BCUT2D eigenvalue weighted by Crippen LogP contribution is 2.51. The Kier molecular flexibility index (Phi) is 4.07. The lowest BCUT2D eigenvalue weighted by atomic mass is 9.98. The van der Waals surface area contributed by atoms with Gasteiger partial charge in [-0.1, -0.05) is 29.3 Å². The van der Waals surface area contributed by atoms with E-state index in [1.54, 1.807) is 6.07 Å². The van der Waals surface area contributed by atoms with E-state index >= 15 is 0 Å². The highest BCUT2D eigenvalue weighted by molar-refractivity contribution is 6.35. The van der Waals surface area contributed by atoms with Crippen molar-refractivity contribution in [3.63, 3.8) is 0 Å². The Morgan fingerprint density at radius 1 is 1.17 bits per heavy atom. The van der Waals surface area contributed by atoms with E-state index in [2.05, 4.69) is 5.32 Å².